The van der Waals surface area contributed by atoms with E-state index in [0.29, 0.717) is 32.7 Å². The first-order valence-electron chi connectivity index (χ1n) is 10.1. The highest BCUT2D eigenvalue weighted by Gasteiger charge is 2.20. The fourth-order valence-electron chi connectivity index (χ4n) is 2.01. The number of carbonyl (C=O) groups excluding carboxylic acids is 4. The van der Waals surface area contributed by atoms with Gasteiger partial charge in [-0.15, -0.1) is 0 Å². The van der Waals surface area contributed by atoms with Gasteiger partial charge >= 0.3 is 0 Å². The number of hydrogen-bond acceptors (Lipinski definition) is 6. The number of ether oxygens (including phenoxy) is 1. The van der Waals surface area contributed by atoms with Gasteiger partial charge in [-0.2, -0.15) is 0 Å². The van der Waals surface area contributed by atoms with E-state index in [1.807, 2.05) is 13.8 Å². The highest BCUT2D eigenvalue weighted by molar-refractivity contribution is 5.92. The van der Waals surface area contributed by atoms with E-state index in [0.717, 1.165) is 0 Å². The molecule has 0 aromatic rings. The zero-order valence-electron chi connectivity index (χ0n) is 18.6. The summed E-state index contributed by atoms with van der Waals surface area (Å²) in [5, 5.41) is 13.3. The Morgan fingerprint density at radius 1 is 0.793 bits per heavy atom. The van der Waals surface area contributed by atoms with Crippen molar-refractivity contribution in [3.8, 4) is 0 Å². The number of likely N-dealkylation sites (N-methyl/N-ethyl adjacent to an activating group) is 1. The standard InChI is InChI=1S/C17H33N5O5.C2H6/c1-12(16(25)20-10-9-18-3)22-17(26)13(2)21-15(24)7-6-14(23)19-8-5-11-27-4;1-2/h12-13,18H,5-11H2,1-4H3,(H,19,23)(H,20,25)(H,21,24)(H,22,26);1-2H3. The summed E-state index contributed by atoms with van der Waals surface area (Å²) in [7, 11) is 3.35. The number of amides is 4. The average molecular weight is 418 g/mol. The van der Waals surface area contributed by atoms with Crippen molar-refractivity contribution in [1.82, 2.24) is 26.6 Å². The Balaban J connectivity index is 0. The van der Waals surface area contributed by atoms with Gasteiger partial charge in [0.05, 0.1) is 0 Å². The first-order valence-corrected chi connectivity index (χ1v) is 10.1. The SMILES string of the molecule is CC.CNCCNC(=O)C(C)NC(=O)C(C)NC(=O)CCC(=O)NCCCOC. The Labute approximate surface area is 174 Å². The minimum atomic E-state index is -0.810. The molecular weight excluding hydrogens is 378 g/mol. The summed E-state index contributed by atoms with van der Waals surface area (Å²) in [6, 6.07) is -1.53. The second-order valence-electron chi connectivity index (χ2n) is 6.11. The van der Waals surface area contributed by atoms with Gasteiger partial charge in [0.1, 0.15) is 12.1 Å². The molecule has 0 spiro atoms. The first-order chi connectivity index (χ1) is 13.8. The molecule has 0 fully saturated rings. The van der Waals surface area contributed by atoms with Crippen molar-refractivity contribution in [3.05, 3.63) is 0 Å². The molecule has 0 aromatic heterocycles. The van der Waals surface area contributed by atoms with E-state index in [-0.39, 0.29) is 24.7 Å². The molecule has 0 rings (SSSR count). The van der Waals surface area contributed by atoms with Gasteiger partial charge in [-0.1, -0.05) is 13.8 Å². The fraction of sp³-hybridized carbons (Fsp3) is 0.789. The molecule has 29 heavy (non-hydrogen) atoms. The van der Waals surface area contributed by atoms with Gasteiger partial charge in [0.25, 0.3) is 0 Å². The summed E-state index contributed by atoms with van der Waals surface area (Å²) < 4.78 is 4.87. The van der Waals surface area contributed by atoms with Crippen LogP contribution in [-0.4, -0.2) is 76.1 Å². The molecule has 2 unspecified atom stereocenters. The lowest BCUT2D eigenvalue weighted by Gasteiger charge is -2.18. The molecule has 0 saturated heterocycles. The molecule has 0 aromatic carbocycles. The second kappa shape index (κ2) is 19.1. The summed E-state index contributed by atoms with van der Waals surface area (Å²) in [5.41, 5.74) is 0. The first kappa shape index (κ1) is 29.0. The summed E-state index contributed by atoms with van der Waals surface area (Å²) >= 11 is 0. The van der Waals surface area contributed by atoms with Crippen molar-refractivity contribution in [2.75, 3.05) is 40.4 Å². The maximum atomic E-state index is 12.1. The smallest absolute Gasteiger partial charge is 0.242 e. The molecule has 4 amide bonds. The maximum Gasteiger partial charge on any atom is 0.242 e. The second-order valence-corrected chi connectivity index (χ2v) is 6.11. The number of hydrogen-bond donors (Lipinski definition) is 5. The molecule has 0 radical (unpaired) electrons. The van der Waals surface area contributed by atoms with Crippen molar-refractivity contribution >= 4 is 23.6 Å². The molecule has 2 atom stereocenters. The molecule has 0 aliphatic heterocycles. The van der Waals surface area contributed by atoms with Crippen LogP contribution in [0.1, 0.15) is 47.0 Å². The van der Waals surface area contributed by atoms with E-state index in [4.69, 9.17) is 4.74 Å². The van der Waals surface area contributed by atoms with Crippen molar-refractivity contribution < 1.29 is 23.9 Å². The number of nitrogens with one attached hydrogen (secondary N) is 5. The molecular formula is C19H39N5O5. The number of methoxy groups -OCH3 is 1. The zero-order chi connectivity index (χ0) is 22.7. The zero-order valence-corrected chi connectivity index (χ0v) is 18.6. The van der Waals surface area contributed by atoms with E-state index < -0.39 is 23.9 Å². The topological polar surface area (TPSA) is 138 Å². The van der Waals surface area contributed by atoms with Crippen LogP contribution in [0.15, 0.2) is 0 Å². The van der Waals surface area contributed by atoms with Gasteiger partial charge in [0.15, 0.2) is 0 Å². The Kier molecular flexibility index (Phi) is 19.1. The Morgan fingerprint density at radius 2 is 1.38 bits per heavy atom. The van der Waals surface area contributed by atoms with Crippen LogP contribution in [0.25, 0.3) is 0 Å². The molecule has 10 nitrogen and oxygen atoms in total. The average Bonchev–Trinajstić information content (AvgIpc) is 2.71. The largest absolute Gasteiger partial charge is 0.385 e. The van der Waals surface area contributed by atoms with Gasteiger partial charge in [-0.25, -0.2) is 0 Å². The van der Waals surface area contributed by atoms with E-state index in [1.54, 1.807) is 21.1 Å². The highest BCUT2D eigenvalue weighted by Crippen LogP contribution is 1.93. The van der Waals surface area contributed by atoms with Gasteiger partial charge in [0.2, 0.25) is 23.6 Å². The maximum absolute atomic E-state index is 12.1. The van der Waals surface area contributed by atoms with Crippen LogP contribution < -0.4 is 26.6 Å². The van der Waals surface area contributed by atoms with Crippen LogP contribution in [0.4, 0.5) is 0 Å². The van der Waals surface area contributed by atoms with Crippen molar-refractivity contribution in [2.24, 2.45) is 0 Å². The lowest BCUT2D eigenvalue weighted by Crippen LogP contribution is -2.52. The summed E-state index contributed by atoms with van der Waals surface area (Å²) in [6.45, 7) is 9.20. The lowest BCUT2D eigenvalue weighted by atomic mass is 10.2. The van der Waals surface area contributed by atoms with E-state index in [1.165, 1.54) is 6.92 Å². The predicted octanol–water partition coefficient (Wildman–Crippen LogP) is -0.709. The number of rotatable bonds is 14. The normalized spacial score (nSPS) is 11.9. The molecule has 0 saturated carbocycles. The molecule has 0 heterocycles. The van der Waals surface area contributed by atoms with Crippen LogP contribution >= 0.6 is 0 Å². The van der Waals surface area contributed by atoms with E-state index in [9.17, 15) is 19.2 Å². The summed E-state index contributed by atoms with van der Waals surface area (Å²) in [4.78, 5) is 47.3. The molecule has 0 bridgehead atoms. The van der Waals surface area contributed by atoms with Gasteiger partial charge in [0, 0.05) is 46.2 Å². The molecule has 0 aliphatic rings. The van der Waals surface area contributed by atoms with E-state index >= 15 is 0 Å². The van der Waals surface area contributed by atoms with Crippen molar-refractivity contribution in [1.29, 1.82) is 0 Å². The summed E-state index contributed by atoms with van der Waals surface area (Å²) in [6.07, 6.45) is 0.720. The monoisotopic (exact) mass is 417 g/mol. The van der Waals surface area contributed by atoms with Gasteiger partial charge in [-0.3, -0.25) is 19.2 Å². The van der Waals surface area contributed by atoms with Crippen LogP contribution in [0.2, 0.25) is 0 Å². The Morgan fingerprint density at radius 3 is 1.97 bits per heavy atom. The van der Waals surface area contributed by atoms with Crippen LogP contribution in [0, 0.1) is 0 Å². The van der Waals surface area contributed by atoms with Crippen molar-refractivity contribution in [3.63, 3.8) is 0 Å². The predicted molar refractivity (Wildman–Crippen MR) is 112 cm³/mol. The minimum absolute atomic E-state index is 0.0201. The summed E-state index contributed by atoms with van der Waals surface area (Å²) in [5.74, 6) is -1.41. The third kappa shape index (κ3) is 16.5. The van der Waals surface area contributed by atoms with Crippen molar-refractivity contribution in [2.45, 2.75) is 59.0 Å². The highest BCUT2D eigenvalue weighted by atomic mass is 16.5. The van der Waals surface area contributed by atoms with Crippen LogP contribution in [0.3, 0.4) is 0 Å². The molecule has 10 heteroatoms. The van der Waals surface area contributed by atoms with Gasteiger partial charge < -0.3 is 31.3 Å². The van der Waals surface area contributed by atoms with Crippen LogP contribution in [-0.2, 0) is 23.9 Å². The van der Waals surface area contributed by atoms with Crippen LogP contribution in [0.5, 0.6) is 0 Å². The molecule has 170 valence electrons. The minimum Gasteiger partial charge on any atom is -0.385 e. The quantitative estimate of drug-likeness (QED) is 0.237. The van der Waals surface area contributed by atoms with Gasteiger partial charge in [-0.05, 0) is 27.3 Å². The fourth-order valence-corrected chi connectivity index (χ4v) is 2.01. The molecule has 0 aliphatic carbocycles. The Hall–Kier alpha value is -2.20. The number of carbonyl (C=O) groups is 4. The third-order valence-corrected chi connectivity index (χ3v) is 3.62. The van der Waals surface area contributed by atoms with E-state index in [2.05, 4.69) is 26.6 Å². The third-order valence-electron chi connectivity index (χ3n) is 3.62. The lowest BCUT2D eigenvalue weighted by molar-refractivity contribution is -0.132. The molecule has 5 N–H and O–H groups in total. The Bertz CT molecular complexity index is 488.